The zero-order valence-corrected chi connectivity index (χ0v) is 12.9. The summed E-state index contributed by atoms with van der Waals surface area (Å²) < 4.78 is 0. The fourth-order valence-corrected chi connectivity index (χ4v) is 5.75. The van der Waals surface area contributed by atoms with Crippen LogP contribution in [0.4, 0.5) is 0 Å². The first-order valence-electron chi connectivity index (χ1n) is 8.77. The predicted molar refractivity (Wildman–Crippen MR) is 87.3 cm³/mol. The molecule has 0 aliphatic heterocycles. The minimum absolute atomic E-state index is 0.690. The number of hydrogen-bond acceptors (Lipinski definition) is 2. The largest absolute Gasteiger partial charge is 0.241 e. The van der Waals surface area contributed by atoms with E-state index in [9.17, 15) is 0 Å². The predicted octanol–water partition coefficient (Wildman–Crippen LogP) is 4.68. The summed E-state index contributed by atoms with van der Waals surface area (Å²) in [6, 6.07) is 12.8. The molecule has 5 unspecified atom stereocenters. The normalized spacial score (nSPS) is 35.7. The smallest absolute Gasteiger partial charge is 0.116 e. The van der Waals surface area contributed by atoms with Crippen LogP contribution in [0.1, 0.15) is 43.7 Å². The summed E-state index contributed by atoms with van der Waals surface area (Å²) in [4.78, 5) is 9.17. The Morgan fingerprint density at radius 2 is 1.73 bits per heavy atom. The van der Waals surface area contributed by atoms with Gasteiger partial charge in [-0.05, 0) is 55.4 Å². The van der Waals surface area contributed by atoms with Crippen molar-refractivity contribution in [2.24, 2.45) is 23.7 Å². The van der Waals surface area contributed by atoms with E-state index in [0.29, 0.717) is 5.92 Å². The molecule has 0 spiro atoms. The molecule has 1 aromatic carbocycles. The standard InChI is InChI=1S/C20H22N2/c1-2-5-13(6-3-1)19-11-20(22-12-21-19)18-10-14-9-17(18)16-8-4-7-15(14)16/h1-3,5-6,11-12,14-18H,4,7-10H2. The van der Waals surface area contributed by atoms with E-state index in [1.807, 2.05) is 0 Å². The maximum Gasteiger partial charge on any atom is 0.116 e. The Bertz CT molecular complexity index is 681. The number of fused-ring (bicyclic) bond motifs is 5. The van der Waals surface area contributed by atoms with Crippen molar-refractivity contribution in [1.82, 2.24) is 9.97 Å². The third-order valence-corrected chi connectivity index (χ3v) is 6.57. The first kappa shape index (κ1) is 12.8. The summed E-state index contributed by atoms with van der Waals surface area (Å²) in [5.74, 6) is 4.62. The molecule has 112 valence electrons. The van der Waals surface area contributed by atoms with Gasteiger partial charge < -0.3 is 0 Å². The molecule has 1 heterocycles. The van der Waals surface area contributed by atoms with Gasteiger partial charge in [-0.1, -0.05) is 36.8 Å². The van der Waals surface area contributed by atoms with Gasteiger partial charge in [0, 0.05) is 17.2 Å². The second-order valence-corrected chi connectivity index (χ2v) is 7.45. The van der Waals surface area contributed by atoms with Crippen LogP contribution in [-0.2, 0) is 0 Å². The van der Waals surface area contributed by atoms with Crippen molar-refractivity contribution in [2.45, 2.75) is 38.0 Å². The number of rotatable bonds is 2. The Kier molecular flexibility index (Phi) is 2.86. The first-order chi connectivity index (χ1) is 10.9. The van der Waals surface area contributed by atoms with Gasteiger partial charge in [-0.3, -0.25) is 0 Å². The van der Waals surface area contributed by atoms with E-state index in [2.05, 4.69) is 46.4 Å². The molecule has 2 nitrogen and oxygen atoms in total. The molecule has 3 aliphatic carbocycles. The van der Waals surface area contributed by atoms with Gasteiger partial charge in [0.05, 0.1) is 5.69 Å². The first-order valence-corrected chi connectivity index (χ1v) is 8.77. The van der Waals surface area contributed by atoms with Crippen LogP contribution >= 0.6 is 0 Å². The van der Waals surface area contributed by atoms with Crippen LogP contribution in [0.2, 0.25) is 0 Å². The van der Waals surface area contributed by atoms with Crippen molar-refractivity contribution in [2.75, 3.05) is 0 Å². The van der Waals surface area contributed by atoms with E-state index in [1.54, 1.807) is 6.33 Å². The number of aromatic nitrogens is 2. The monoisotopic (exact) mass is 290 g/mol. The quantitative estimate of drug-likeness (QED) is 0.802. The zero-order chi connectivity index (χ0) is 14.5. The second-order valence-electron chi connectivity index (χ2n) is 7.45. The van der Waals surface area contributed by atoms with Crippen LogP contribution in [0.15, 0.2) is 42.7 Å². The Hall–Kier alpha value is -1.70. The summed E-state index contributed by atoms with van der Waals surface area (Å²) in [6.07, 6.45) is 9.04. The lowest BCUT2D eigenvalue weighted by molar-refractivity contribution is 0.230. The van der Waals surface area contributed by atoms with Gasteiger partial charge >= 0.3 is 0 Å². The minimum atomic E-state index is 0.690. The lowest BCUT2D eigenvalue weighted by Crippen LogP contribution is -2.23. The Morgan fingerprint density at radius 3 is 2.64 bits per heavy atom. The topological polar surface area (TPSA) is 25.8 Å². The highest BCUT2D eigenvalue weighted by atomic mass is 14.8. The van der Waals surface area contributed by atoms with Crippen molar-refractivity contribution < 1.29 is 0 Å². The lowest BCUT2D eigenvalue weighted by atomic mass is 9.74. The van der Waals surface area contributed by atoms with Gasteiger partial charge in [-0.2, -0.15) is 0 Å². The molecule has 0 N–H and O–H groups in total. The Labute approximate surface area is 132 Å². The third kappa shape index (κ3) is 1.86. The van der Waals surface area contributed by atoms with Crippen LogP contribution in [0.3, 0.4) is 0 Å². The van der Waals surface area contributed by atoms with Crippen molar-refractivity contribution in [3.8, 4) is 11.3 Å². The lowest BCUT2D eigenvalue weighted by Gasteiger charge is -2.31. The molecular formula is C20H22N2. The Morgan fingerprint density at radius 1 is 0.864 bits per heavy atom. The summed E-state index contributed by atoms with van der Waals surface area (Å²) >= 11 is 0. The van der Waals surface area contributed by atoms with E-state index in [-0.39, 0.29) is 0 Å². The molecule has 3 fully saturated rings. The van der Waals surface area contributed by atoms with Gasteiger partial charge in [0.1, 0.15) is 6.33 Å². The number of benzene rings is 1. The molecule has 3 aliphatic rings. The van der Waals surface area contributed by atoms with Crippen molar-refractivity contribution in [3.63, 3.8) is 0 Å². The van der Waals surface area contributed by atoms with Gasteiger partial charge in [-0.15, -0.1) is 0 Å². The van der Waals surface area contributed by atoms with Crippen LogP contribution in [0, 0.1) is 23.7 Å². The SMILES string of the molecule is c1ccc(-c2cc(C3CC4CC3C3CCCC43)ncn2)cc1. The van der Waals surface area contributed by atoms with Gasteiger partial charge in [0.15, 0.2) is 0 Å². The summed E-state index contributed by atoms with van der Waals surface area (Å²) in [5.41, 5.74) is 3.58. The van der Waals surface area contributed by atoms with Crippen molar-refractivity contribution >= 4 is 0 Å². The van der Waals surface area contributed by atoms with Gasteiger partial charge in [-0.25, -0.2) is 9.97 Å². The molecule has 5 atom stereocenters. The average molecular weight is 290 g/mol. The van der Waals surface area contributed by atoms with Crippen LogP contribution in [-0.4, -0.2) is 9.97 Å². The molecule has 2 aromatic rings. The Balaban J connectivity index is 1.47. The summed E-state index contributed by atoms with van der Waals surface area (Å²) in [6.45, 7) is 0. The van der Waals surface area contributed by atoms with Gasteiger partial charge in [0.2, 0.25) is 0 Å². The van der Waals surface area contributed by atoms with Crippen LogP contribution in [0.5, 0.6) is 0 Å². The van der Waals surface area contributed by atoms with Crippen molar-refractivity contribution in [3.05, 3.63) is 48.4 Å². The molecule has 2 heteroatoms. The van der Waals surface area contributed by atoms with E-state index >= 15 is 0 Å². The molecule has 3 saturated carbocycles. The molecule has 5 rings (SSSR count). The fraction of sp³-hybridized carbons (Fsp3) is 0.500. The fourth-order valence-electron chi connectivity index (χ4n) is 5.75. The molecule has 22 heavy (non-hydrogen) atoms. The van der Waals surface area contributed by atoms with E-state index in [0.717, 1.165) is 29.4 Å². The molecule has 1 aromatic heterocycles. The van der Waals surface area contributed by atoms with Crippen LogP contribution in [0.25, 0.3) is 11.3 Å². The average Bonchev–Trinajstić information content (AvgIpc) is 3.28. The summed E-state index contributed by atoms with van der Waals surface area (Å²) in [7, 11) is 0. The number of nitrogens with zero attached hydrogens (tertiary/aromatic N) is 2. The van der Waals surface area contributed by atoms with E-state index < -0.39 is 0 Å². The number of hydrogen-bond donors (Lipinski definition) is 0. The highest BCUT2D eigenvalue weighted by Gasteiger charge is 2.54. The van der Waals surface area contributed by atoms with Crippen LogP contribution < -0.4 is 0 Å². The second kappa shape index (κ2) is 4.91. The highest BCUT2D eigenvalue weighted by Crippen LogP contribution is 2.63. The minimum Gasteiger partial charge on any atom is -0.241 e. The maximum absolute atomic E-state index is 4.67. The van der Waals surface area contributed by atoms with E-state index in [4.69, 9.17) is 0 Å². The zero-order valence-electron chi connectivity index (χ0n) is 12.9. The van der Waals surface area contributed by atoms with Gasteiger partial charge in [0.25, 0.3) is 0 Å². The molecule has 0 radical (unpaired) electrons. The highest BCUT2D eigenvalue weighted by molar-refractivity contribution is 5.58. The van der Waals surface area contributed by atoms with E-state index in [1.165, 1.54) is 43.4 Å². The molecule has 0 amide bonds. The third-order valence-electron chi connectivity index (χ3n) is 6.57. The maximum atomic E-state index is 4.67. The summed E-state index contributed by atoms with van der Waals surface area (Å²) in [5, 5.41) is 0. The molecular weight excluding hydrogens is 268 g/mol. The molecule has 0 saturated heterocycles. The van der Waals surface area contributed by atoms with Crippen molar-refractivity contribution in [1.29, 1.82) is 0 Å². The molecule has 2 bridgehead atoms.